The molecule has 0 aromatic heterocycles. The number of hydrogen-bond acceptors (Lipinski definition) is 3. The zero-order valence-electron chi connectivity index (χ0n) is 11.7. The molecule has 0 radical (unpaired) electrons. The summed E-state index contributed by atoms with van der Waals surface area (Å²) in [4.78, 5) is 12.1. The second kappa shape index (κ2) is 5.50. The average molecular weight is 258 g/mol. The van der Waals surface area contributed by atoms with Gasteiger partial charge in [-0.3, -0.25) is 4.79 Å². The molecule has 1 saturated heterocycles. The van der Waals surface area contributed by atoms with Crippen molar-refractivity contribution in [3.05, 3.63) is 0 Å². The lowest BCUT2D eigenvalue weighted by Crippen LogP contribution is -2.45. The molecule has 1 heterocycles. The maximum absolute atomic E-state index is 12.1. The van der Waals surface area contributed by atoms with E-state index in [0.717, 1.165) is 12.8 Å². The molecule has 0 saturated carbocycles. The van der Waals surface area contributed by atoms with Gasteiger partial charge in [0.25, 0.3) is 5.91 Å². The maximum atomic E-state index is 12.1. The summed E-state index contributed by atoms with van der Waals surface area (Å²) in [6, 6.07) is -0.393. The van der Waals surface area contributed by atoms with Crippen molar-refractivity contribution in [2.24, 2.45) is 17.1 Å². The van der Waals surface area contributed by atoms with Gasteiger partial charge < -0.3 is 10.3 Å². The zero-order valence-corrected chi connectivity index (χ0v) is 12.8. The molecular weight excluding hydrogens is 232 g/mol. The van der Waals surface area contributed by atoms with Gasteiger partial charge in [0.15, 0.2) is 0 Å². The lowest BCUT2D eigenvalue weighted by molar-refractivity contribution is -0.161. The Hall–Kier alpha value is -0.393. The highest BCUT2D eigenvalue weighted by atomic mass is 28.3. The van der Waals surface area contributed by atoms with Crippen molar-refractivity contribution in [2.75, 3.05) is 6.54 Å². The third-order valence-electron chi connectivity index (χ3n) is 3.34. The summed E-state index contributed by atoms with van der Waals surface area (Å²) in [6.07, 6.45) is 1.76. The van der Waals surface area contributed by atoms with Crippen LogP contribution in [0.15, 0.2) is 0 Å². The van der Waals surface area contributed by atoms with E-state index < -0.39 is 15.1 Å². The summed E-state index contributed by atoms with van der Waals surface area (Å²) >= 11 is 0. The van der Waals surface area contributed by atoms with E-state index in [1.54, 1.807) is 5.06 Å². The van der Waals surface area contributed by atoms with Crippen LogP contribution in [0.1, 0.15) is 33.6 Å². The Morgan fingerprint density at radius 3 is 2.41 bits per heavy atom. The third kappa shape index (κ3) is 4.08. The van der Waals surface area contributed by atoms with Crippen molar-refractivity contribution >= 4 is 14.9 Å². The summed E-state index contributed by atoms with van der Waals surface area (Å²) < 4.78 is 5.72. The number of carbonyl (C=O) groups excluding carboxylic acids is 1. The second-order valence-corrected chi connectivity index (χ2v) is 8.61. The van der Waals surface area contributed by atoms with E-state index in [-0.39, 0.29) is 11.3 Å². The van der Waals surface area contributed by atoms with Crippen LogP contribution in [0.3, 0.4) is 0 Å². The van der Waals surface area contributed by atoms with E-state index in [1.165, 1.54) is 0 Å². The van der Waals surface area contributed by atoms with Gasteiger partial charge in [-0.2, -0.15) is 0 Å². The molecule has 1 aliphatic rings. The number of nitrogens with two attached hydrogens (primary N) is 1. The predicted molar refractivity (Wildman–Crippen MR) is 71.8 cm³/mol. The molecule has 1 aliphatic heterocycles. The molecule has 100 valence electrons. The lowest BCUT2D eigenvalue weighted by atomic mass is 9.78. The fourth-order valence-corrected chi connectivity index (χ4v) is 2.83. The van der Waals surface area contributed by atoms with Crippen LogP contribution in [0.4, 0.5) is 0 Å². The molecule has 0 bridgehead atoms. The van der Waals surface area contributed by atoms with E-state index in [1.807, 2.05) is 0 Å². The lowest BCUT2D eigenvalue weighted by Gasteiger charge is -2.33. The predicted octanol–water partition coefficient (Wildman–Crippen LogP) is 1.51. The Morgan fingerprint density at radius 1 is 1.35 bits per heavy atom. The first-order valence-corrected chi connectivity index (χ1v) is 9.23. The number of carbonyl (C=O) groups is 1. The van der Waals surface area contributed by atoms with Crippen LogP contribution >= 0.6 is 0 Å². The Balaban J connectivity index is 2.81. The SMILES string of the molecule is C[SiH](C)ON1C[C@@H](C(C)(C)C)CC[C@H](N)C1=O. The molecule has 1 rings (SSSR count). The van der Waals surface area contributed by atoms with Gasteiger partial charge in [-0.25, -0.2) is 5.06 Å². The molecule has 1 fully saturated rings. The first-order valence-electron chi connectivity index (χ1n) is 6.45. The van der Waals surface area contributed by atoms with Crippen molar-refractivity contribution in [3.8, 4) is 0 Å². The molecule has 17 heavy (non-hydrogen) atoms. The highest BCUT2D eigenvalue weighted by Gasteiger charge is 2.35. The number of hydrogen-bond donors (Lipinski definition) is 1. The summed E-state index contributed by atoms with van der Waals surface area (Å²) in [5, 5.41) is 1.55. The third-order valence-corrected chi connectivity index (χ3v) is 4.01. The van der Waals surface area contributed by atoms with Crippen molar-refractivity contribution in [1.29, 1.82) is 0 Å². The minimum absolute atomic E-state index is 0.0436. The van der Waals surface area contributed by atoms with Crippen LogP contribution in [0, 0.1) is 11.3 Å². The van der Waals surface area contributed by atoms with Gasteiger partial charge >= 0.3 is 0 Å². The van der Waals surface area contributed by atoms with Crippen molar-refractivity contribution in [1.82, 2.24) is 5.06 Å². The van der Waals surface area contributed by atoms with Crippen LogP contribution in [0.5, 0.6) is 0 Å². The highest BCUT2D eigenvalue weighted by Crippen LogP contribution is 2.33. The first-order chi connectivity index (χ1) is 7.71. The number of nitrogens with zero attached hydrogens (tertiary/aromatic N) is 1. The van der Waals surface area contributed by atoms with Crippen molar-refractivity contribution in [3.63, 3.8) is 0 Å². The quantitative estimate of drug-likeness (QED) is 0.764. The molecule has 5 heteroatoms. The monoisotopic (exact) mass is 258 g/mol. The smallest absolute Gasteiger partial charge is 0.262 e. The van der Waals surface area contributed by atoms with E-state index in [2.05, 4.69) is 33.9 Å². The van der Waals surface area contributed by atoms with Gasteiger partial charge in [0.2, 0.25) is 9.04 Å². The van der Waals surface area contributed by atoms with E-state index >= 15 is 0 Å². The molecule has 2 N–H and O–H groups in total. The maximum Gasteiger partial charge on any atom is 0.262 e. The largest absolute Gasteiger partial charge is 0.321 e. The summed E-state index contributed by atoms with van der Waals surface area (Å²) in [5.41, 5.74) is 6.08. The summed E-state index contributed by atoms with van der Waals surface area (Å²) in [7, 11) is -1.26. The number of hydroxylamine groups is 2. The second-order valence-electron chi connectivity index (χ2n) is 6.30. The van der Waals surface area contributed by atoms with Crippen LogP contribution in [-0.4, -0.2) is 32.6 Å². The van der Waals surface area contributed by atoms with Crippen LogP contribution < -0.4 is 5.73 Å². The van der Waals surface area contributed by atoms with Crippen molar-refractivity contribution in [2.45, 2.75) is 52.7 Å². The zero-order chi connectivity index (χ0) is 13.2. The number of rotatable bonds is 2. The molecule has 2 atom stereocenters. The molecule has 0 aliphatic carbocycles. The molecule has 1 amide bonds. The average Bonchev–Trinajstić information content (AvgIpc) is 2.29. The topological polar surface area (TPSA) is 55.6 Å². The molecule has 4 nitrogen and oxygen atoms in total. The molecular formula is C12H26N2O2Si. The normalized spacial score (nSPS) is 27.5. The molecule has 0 spiro atoms. The Bertz CT molecular complexity index is 276. The summed E-state index contributed by atoms with van der Waals surface area (Å²) in [5.74, 6) is 0.408. The highest BCUT2D eigenvalue weighted by molar-refractivity contribution is 6.48. The van der Waals surface area contributed by atoms with Gasteiger partial charge in [0.1, 0.15) is 0 Å². The Labute approximate surface area is 106 Å². The van der Waals surface area contributed by atoms with Gasteiger partial charge in [0.05, 0.1) is 12.6 Å². The minimum Gasteiger partial charge on any atom is -0.321 e. The van der Waals surface area contributed by atoms with Crippen LogP contribution in [-0.2, 0) is 9.32 Å². The van der Waals surface area contributed by atoms with Gasteiger partial charge in [-0.1, -0.05) is 20.8 Å². The number of amides is 1. The summed E-state index contributed by atoms with van der Waals surface area (Å²) in [6.45, 7) is 11.4. The standard InChI is InChI=1S/C12H26N2O2Si/c1-12(2,3)9-6-7-10(13)11(15)14(8-9)16-17(4)5/h9-10,17H,6-8,13H2,1-5H3/t9-,10-/m0/s1. The van der Waals surface area contributed by atoms with Crippen molar-refractivity contribution < 1.29 is 9.32 Å². The Morgan fingerprint density at radius 2 is 1.94 bits per heavy atom. The fourth-order valence-electron chi connectivity index (χ4n) is 2.13. The minimum atomic E-state index is -1.26. The molecule has 0 aromatic rings. The Kier molecular flexibility index (Phi) is 4.74. The van der Waals surface area contributed by atoms with Gasteiger partial charge in [0, 0.05) is 0 Å². The van der Waals surface area contributed by atoms with E-state index in [9.17, 15) is 4.79 Å². The van der Waals surface area contributed by atoms with E-state index in [0.29, 0.717) is 12.5 Å². The molecule has 0 unspecified atom stereocenters. The van der Waals surface area contributed by atoms with E-state index in [4.69, 9.17) is 10.3 Å². The molecule has 0 aromatic carbocycles. The fraction of sp³-hybridized carbons (Fsp3) is 0.917. The van der Waals surface area contributed by atoms with Gasteiger partial charge in [-0.15, -0.1) is 0 Å². The van der Waals surface area contributed by atoms with Crippen LogP contribution in [0.2, 0.25) is 13.1 Å². The van der Waals surface area contributed by atoms with Gasteiger partial charge in [-0.05, 0) is 37.3 Å². The first kappa shape index (κ1) is 14.7. The van der Waals surface area contributed by atoms with Crippen LogP contribution in [0.25, 0.3) is 0 Å².